The minimum atomic E-state index is -0.379. The molecule has 0 bridgehead atoms. The van der Waals surface area contributed by atoms with E-state index in [9.17, 15) is 9.18 Å². The summed E-state index contributed by atoms with van der Waals surface area (Å²) in [6.45, 7) is 4.46. The van der Waals surface area contributed by atoms with E-state index in [4.69, 9.17) is 16.3 Å². The number of aryl methyl sites for hydroxylation is 1. The molecule has 31 heavy (non-hydrogen) atoms. The van der Waals surface area contributed by atoms with Gasteiger partial charge in [0.05, 0.1) is 34.0 Å². The van der Waals surface area contributed by atoms with Crippen molar-refractivity contribution in [3.05, 3.63) is 76.8 Å². The number of fused-ring (bicyclic) bond motifs is 1. The number of nitrogens with zero attached hydrogens (tertiary/aromatic N) is 3. The van der Waals surface area contributed by atoms with Crippen LogP contribution in [0.15, 0.2) is 54.7 Å². The number of benzene rings is 2. The molecule has 0 fully saturated rings. The fraction of sp³-hybridized carbons (Fsp3) is 0.174. The van der Waals surface area contributed by atoms with Crippen molar-refractivity contribution in [2.75, 3.05) is 11.9 Å². The average molecular weight is 439 g/mol. The third-order valence-corrected chi connectivity index (χ3v) is 5.10. The zero-order valence-corrected chi connectivity index (χ0v) is 17.8. The third-order valence-electron chi connectivity index (χ3n) is 4.71. The summed E-state index contributed by atoms with van der Waals surface area (Å²) in [5.74, 6) is 0.0206. The van der Waals surface area contributed by atoms with Crippen LogP contribution in [0.5, 0.6) is 5.75 Å². The number of nitrogens with one attached hydrogen (secondary N) is 1. The number of amides is 1. The van der Waals surface area contributed by atoms with Crippen molar-refractivity contribution < 1.29 is 13.9 Å². The lowest BCUT2D eigenvalue weighted by molar-refractivity contribution is 0.102. The van der Waals surface area contributed by atoms with Crippen LogP contribution in [0.2, 0.25) is 5.02 Å². The second-order valence-electron chi connectivity index (χ2n) is 6.99. The van der Waals surface area contributed by atoms with Gasteiger partial charge in [0.15, 0.2) is 5.65 Å². The summed E-state index contributed by atoms with van der Waals surface area (Å²) in [5.41, 5.74) is 2.60. The molecule has 158 valence electrons. The largest absolute Gasteiger partial charge is 0.494 e. The van der Waals surface area contributed by atoms with Crippen molar-refractivity contribution in [3.63, 3.8) is 0 Å². The van der Waals surface area contributed by atoms with Gasteiger partial charge in [-0.2, -0.15) is 5.10 Å². The van der Waals surface area contributed by atoms with Crippen molar-refractivity contribution in [3.8, 4) is 11.4 Å². The van der Waals surface area contributed by atoms with Crippen molar-refractivity contribution in [1.29, 1.82) is 0 Å². The molecule has 0 aliphatic heterocycles. The summed E-state index contributed by atoms with van der Waals surface area (Å²) in [6.07, 6.45) is 2.34. The Kier molecular flexibility index (Phi) is 5.86. The van der Waals surface area contributed by atoms with Gasteiger partial charge >= 0.3 is 0 Å². The van der Waals surface area contributed by atoms with E-state index in [1.165, 1.54) is 18.3 Å². The molecule has 0 radical (unpaired) electrons. The second kappa shape index (κ2) is 8.73. The number of carbonyl (C=O) groups excluding carboxylic acids is 1. The minimum Gasteiger partial charge on any atom is -0.494 e. The summed E-state index contributed by atoms with van der Waals surface area (Å²) >= 11 is 6.58. The molecule has 6 nitrogen and oxygen atoms in total. The van der Waals surface area contributed by atoms with Crippen molar-refractivity contribution in [1.82, 2.24) is 14.8 Å². The van der Waals surface area contributed by atoms with Crippen molar-refractivity contribution in [2.45, 2.75) is 20.3 Å². The van der Waals surface area contributed by atoms with Crippen molar-refractivity contribution >= 4 is 34.2 Å². The van der Waals surface area contributed by atoms with E-state index in [1.807, 2.05) is 6.92 Å². The molecule has 8 heteroatoms. The molecule has 0 aliphatic carbocycles. The number of aromatic nitrogens is 3. The molecule has 0 atom stereocenters. The minimum absolute atomic E-state index is 0.238. The van der Waals surface area contributed by atoms with E-state index < -0.39 is 0 Å². The maximum absolute atomic E-state index is 13.3. The Hall–Kier alpha value is -3.45. The van der Waals surface area contributed by atoms with E-state index in [0.29, 0.717) is 34.7 Å². The Labute approximate surface area is 183 Å². The van der Waals surface area contributed by atoms with Gasteiger partial charge in [-0.1, -0.05) is 18.5 Å². The van der Waals surface area contributed by atoms with E-state index in [0.717, 1.165) is 12.2 Å². The average Bonchev–Trinajstić information content (AvgIpc) is 3.11. The molecule has 1 N–H and O–H groups in total. The maximum atomic E-state index is 13.3. The molecule has 2 heterocycles. The molecule has 0 saturated carbocycles. The van der Waals surface area contributed by atoms with Gasteiger partial charge in [0.1, 0.15) is 11.6 Å². The van der Waals surface area contributed by atoms with Gasteiger partial charge < -0.3 is 10.1 Å². The Morgan fingerprint density at radius 3 is 2.55 bits per heavy atom. The molecule has 1 amide bonds. The predicted octanol–water partition coefficient (Wildman–Crippen LogP) is 5.56. The fourth-order valence-corrected chi connectivity index (χ4v) is 3.54. The SMILES string of the molecule is CCCOc1ccc(NC(=O)c2cnc3c(c(C)nn3-c3ccc(F)cc3)c2Cl)cc1. The first kappa shape index (κ1) is 20.8. The molecule has 2 aromatic heterocycles. The maximum Gasteiger partial charge on any atom is 0.258 e. The highest BCUT2D eigenvalue weighted by Crippen LogP contribution is 2.30. The quantitative estimate of drug-likeness (QED) is 0.427. The second-order valence-corrected chi connectivity index (χ2v) is 7.36. The zero-order valence-electron chi connectivity index (χ0n) is 17.0. The van der Waals surface area contributed by atoms with Gasteiger partial charge in [-0.3, -0.25) is 4.79 Å². The van der Waals surface area contributed by atoms with Gasteiger partial charge in [-0.25, -0.2) is 14.1 Å². The highest BCUT2D eigenvalue weighted by atomic mass is 35.5. The van der Waals surface area contributed by atoms with Gasteiger partial charge in [-0.05, 0) is 61.9 Å². The number of anilines is 1. The molecule has 0 unspecified atom stereocenters. The fourth-order valence-electron chi connectivity index (χ4n) is 3.18. The summed E-state index contributed by atoms with van der Waals surface area (Å²) in [5, 5.41) is 8.13. The monoisotopic (exact) mass is 438 g/mol. The molecule has 4 aromatic rings. The standard InChI is InChI=1S/C23H20ClFN4O2/c1-3-12-31-18-10-6-16(7-11-18)27-23(30)19-13-26-22-20(21(19)24)14(2)28-29(22)17-8-4-15(25)5-9-17/h4-11,13H,3,12H2,1-2H3,(H,27,30). The van der Waals surface area contributed by atoms with Crippen LogP contribution in [0.4, 0.5) is 10.1 Å². The smallest absolute Gasteiger partial charge is 0.258 e. The van der Waals surface area contributed by atoms with Gasteiger partial charge in [0, 0.05) is 11.9 Å². The van der Waals surface area contributed by atoms with Crippen LogP contribution in [0.25, 0.3) is 16.7 Å². The highest BCUT2D eigenvalue weighted by Gasteiger charge is 2.20. The van der Waals surface area contributed by atoms with Crippen LogP contribution < -0.4 is 10.1 Å². The van der Waals surface area contributed by atoms with E-state index in [1.54, 1.807) is 48.0 Å². The van der Waals surface area contributed by atoms with Gasteiger partial charge in [-0.15, -0.1) is 0 Å². The van der Waals surface area contributed by atoms with Gasteiger partial charge in [0.2, 0.25) is 0 Å². The molecular weight excluding hydrogens is 419 g/mol. The van der Waals surface area contributed by atoms with Crippen LogP contribution in [0.1, 0.15) is 29.4 Å². The van der Waals surface area contributed by atoms with Crippen LogP contribution >= 0.6 is 11.6 Å². The number of ether oxygens (including phenoxy) is 1. The number of rotatable bonds is 6. The lowest BCUT2D eigenvalue weighted by Gasteiger charge is -2.09. The number of halogens is 2. The number of pyridine rings is 1. The van der Waals surface area contributed by atoms with Crippen LogP contribution in [0, 0.1) is 12.7 Å². The Morgan fingerprint density at radius 1 is 1.16 bits per heavy atom. The molecule has 0 spiro atoms. The lowest BCUT2D eigenvalue weighted by atomic mass is 10.2. The summed E-state index contributed by atoms with van der Waals surface area (Å²) in [4.78, 5) is 17.2. The Bertz CT molecular complexity index is 1240. The number of hydrogen-bond acceptors (Lipinski definition) is 4. The summed E-state index contributed by atoms with van der Waals surface area (Å²) in [6, 6.07) is 13.0. The summed E-state index contributed by atoms with van der Waals surface area (Å²) < 4.78 is 20.4. The van der Waals surface area contributed by atoms with E-state index in [-0.39, 0.29) is 22.3 Å². The zero-order chi connectivity index (χ0) is 22.0. The normalized spacial score (nSPS) is 11.0. The highest BCUT2D eigenvalue weighted by molar-refractivity contribution is 6.39. The van der Waals surface area contributed by atoms with Crippen LogP contribution in [-0.2, 0) is 0 Å². The first-order valence-corrected chi connectivity index (χ1v) is 10.2. The Balaban J connectivity index is 1.62. The number of hydrogen-bond donors (Lipinski definition) is 1. The molecular formula is C23H20ClFN4O2. The molecule has 0 saturated heterocycles. The molecule has 4 rings (SSSR count). The van der Waals surface area contributed by atoms with E-state index in [2.05, 4.69) is 15.4 Å². The summed E-state index contributed by atoms with van der Waals surface area (Å²) in [7, 11) is 0. The third kappa shape index (κ3) is 4.22. The first-order valence-electron chi connectivity index (χ1n) is 9.82. The Morgan fingerprint density at radius 2 is 1.87 bits per heavy atom. The van der Waals surface area contributed by atoms with Crippen LogP contribution in [0.3, 0.4) is 0 Å². The lowest BCUT2D eigenvalue weighted by Crippen LogP contribution is -2.13. The predicted molar refractivity (Wildman–Crippen MR) is 119 cm³/mol. The topological polar surface area (TPSA) is 69.0 Å². The van der Waals surface area contributed by atoms with Crippen molar-refractivity contribution in [2.24, 2.45) is 0 Å². The van der Waals surface area contributed by atoms with Gasteiger partial charge in [0.25, 0.3) is 5.91 Å². The van der Waals surface area contributed by atoms with E-state index >= 15 is 0 Å². The first-order chi connectivity index (χ1) is 15.0. The molecule has 0 aliphatic rings. The van der Waals surface area contributed by atoms with Crippen LogP contribution in [-0.4, -0.2) is 27.3 Å². The molecule has 2 aromatic carbocycles. The number of carbonyl (C=O) groups is 1.